The van der Waals surface area contributed by atoms with Crippen LogP contribution in [0.15, 0.2) is 42.6 Å². The van der Waals surface area contributed by atoms with E-state index in [1.54, 1.807) is 10.6 Å². The first-order chi connectivity index (χ1) is 13.9. The van der Waals surface area contributed by atoms with Gasteiger partial charge in [0.1, 0.15) is 5.82 Å². The largest absolute Gasteiger partial charge is 0.391 e. The zero-order valence-electron chi connectivity index (χ0n) is 15.7. The number of nitrogens with one attached hydrogen (secondary N) is 1. The van der Waals surface area contributed by atoms with Crippen molar-refractivity contribution in [2.75, 3.05) is 0 Å². The Morgan fingerprint density at radius 3 is 2.62 bits per heavy atom. The minimum absolute atomic E-state index is 0.149. The average molecular weight is 402 g/mol. The number of aliphatic hydroxyl groups is 1. The molecule has 4 rings (SSSR count). The highest BCUT2D eigenvalue weighted by Gasteiger charge is 2.27. The van der Waals surface area contributed by atoms with Gasteiger partial charge in [0.25, 0.3) is 5.91 Å². The molecule has 0 unspecified atom stereocenters. The summed E-state index contributed by atoms with van der Waals surface area (Å²) in [6.07, 6.45) is 4.01. The Bertz CT molecular complexity index is 1060. The second kappa shape index (κ2) is 7.91. The first-order valence-electron chi connectivity index (χ1n) is 9.64. The van der Waals surface area contributed by atoms with Gasteiger partial charge in [-0.15, -0.1) is 0 Å². The summed E-state index contributed by atoms with van der Waals surface area (Å²) in [7, 11) is 0. The number of hydrogen-bond donors (Lipinski definition) is 2. The van der Waals surface area contributed by atoms with E-state index in [0.717, 1.165) is 25.0 Å². The number of amides is 1. The quantitative estimate of drug-likeness (QED) is 0.689. The lowest BCUT2D eigenvalue weighted by molar-refractivity contribution is 0.0718. The second-order valence-electron chi connectivity index (χ2n) is 7.48. The molecule has 3 aromatic rings. The van der Waals surface area contributed by atoms with Crippen molar-refractivity contribution < 1.29 is 23.1 Å². The molecule has 2 N–H and O–H groups in total. The van der Waals surface area contributed by atoms with E-state index in [9.17, 15) is 23.1 Å². The Kier molecular flexibility index (Phi) is 5.32. The second-order valence-corrected chi connectivity index (χ2v) is 7.48. The zero-order chi connectivity index (χ0) is 20.5. The van der Waals surface area contributed by atoms with E-state index in [0.29, 0.717) is 23.9 Å². The molecule has 0 saturated heterocycles. The summed E-state index contributed by atoms with van der Waals surface area (Å²) in [5.74, 6) is -2.91. The van der Waals surface area contributed by atoms with Crippen molar-refractivity contribution in [1.29, 1.82) is 0 Å². The Morgan fingerprint density at radius 2 is 1.86 bits per heavy atom. The lowest BCUT2D eigenvalue weighted by atomic mass is 9.92. The molecule has 1 saturated carbocycles. The van der Waals surface area contributed by atoms with Gasteiger partial charge < -0.3 is 15.0 Å². The number of hydrogen-bond acceptors (Lipinski definition) is 2. The molecule has 2 atom stereocenters. The minimum atomic E-state index is -0.964. The predicted molar refractivity (Wildman–Crippen MR) is 103 cm³/mol. The van der Waals surface area contributed by atoms with Gasteiger partial charge >= 0.3 is 0 Å². The van der Waals surface area contributed by atoms with Crippen LogP contribution in [0.4, 0.5) is 13.2 Å². The Hall–Kier alpha value is -2.80. The normalized spacial score (nSPS) is 19.4. The van der Waals surface area contributed by atoms with E-state index < -0.39 is 29.5 Å². The fourth-order valence-electron chi connectivity index (χ4n) is 3.97. The molecule has 7 heteroatoms. The SMILES string of the molecule is O=C(N[C@H]1CCCC[C@@H]1O)c1cn(Cc2ccc(F)c(F)c2)c2cccc(F)c12. The van der Waals surface area contributed by atoms with Crippen molar-refractivity contribution in [3.8, 4) is 0 Å². The summed E-state index contributed by atoms with van der Waals surface area (Å²) < 4.78 is 43.0. The summed E-state index contributed by atoms with van der Waals surface area (Å²) in [5, 5.41) is 13.1. The molecule has 1 aromatic heterocycles. The van der Waals surface area contributed by atoms with E-state index in [4.69, 9.17) is 0 Å². The molecule has 1 aliphatic rings. The van der Waals surface area contributed by atoms with Crippen LogP contribution in [0.2, 0.25) is 0 Å². The predicted octanol–water partition coefficient (Wildman–Crippen LogP) is 4.14. The molecule has 152 valence electrons. The van der Waals surface area contributed by atoms with Crippen molar-refractivity contribution in [2.24, 2.45) is 0 Å². The van der Waals surface area contributed by atoms with Crippen molar-refractivity contribution in [2.45, 2.75) is 44.4 Å². The number of rotatable bonds is 4. The van der Waals surface area contributed by atoms with Crippen LogP contribution in [0.1, 0.15) is 41.6 Å². The van der Waals surface area contributed by atoms with E-state index in [-0.39, 0.29) is 23.5 Å². The fraction of sp³-hybridized carbons (Fsp3) is 0.318. The van der Waals surface area contributed by atoms with Gasteiger partial charge in [0.05, 0.1) is 23.2 Å². The third-order valence-electron chi connectivity index (χ3n) is 5.48. The number of aliphatic hydroxyl groups excluding tert-OH is 1. The van der Waals surface area contributed by atoms with Gasteiger partial charge in [0, 0.05) is 18.1 Å². The van der Waals surface area contributed by atoms with Gasteiger partial charge in [-0.2, -0.15) is 0 Å². The van der Waals surface area contributed by atoms with Gasteiger partial charge in [-0.05, 0) is 42.7 Å². The molecule has 0 bridgehead atoms. The Morgan fingerprint density at radius 1 is 1.07 bits per heavy atom. The highest BCUT2D eigenvalue weighted by molar-refractivity contribution is 6.07. The summed E-state index contributed by atoms with van der Waals surface area (Å²) in [6, 6.07) is 7.68. The van der Waals surface area contributed by atoms with Crippen molar-refractivity contribution >= 4 is 16.8 Å². The molecule has 29 heavy (non-hydrogen) atoms. The lowest BCUT2D eigenvalue weighted by Crippen LogP contribution is -2.45. The summed E-state index contributed by atoms with van der Waals surface area (Å²) in [6.45, 7) is 0.149. The molecule has 0 spiro atoms. The van der Waals surface area contributed by atoms with Crippen LogP contribution in [-0.2, 0) is 6.54 Å². The summed E-state index contributed by atoms with van der Waals surface area (Å²) in [5.41, 5.74) is 1.11. The van der Waals surface area contributed by atoms with Crippen LogP contribution in [0, 0.1) is 17.5 Å². The number of nitrogens with zero attached hydrogens (tertiary/aromatic N) is 1. The van der Waals surface area contributed by atoms with E-state index in [1.807, 2.05) is 0 Å². The average Bonchev–Trinajstić information content (AvgIpc) is 3.06. The molecule has 2 aromatic carbocycles. The van der Waals surface area contributed by atoms with Crippen LogP contribution < -0.4 is 5.32 Å². The van der Waals surface area contributed by atoms with E-state index in [1.165, 1.54) is 24.4 Å². The molecule has 1 aliphatic carbocycles. The van der Waals surface area contributed by atoms with Crippen molar-refractivity contribution in [1.82, 2.24) is 9.88 Å². The molecular formula is C22H21F3N2O2. The molecule has 4 nitrogen and oxygen atoms in total. The molecule has 1 heterocycles. The smallest absolute Gasteiger partial charge is 0.253 e. The number of carbonyl (C=O) groups excluding carboxylic acids is 1. The number of carbonyl (C=O) groups is 1. The third kappa shape index (κ3) is 3.87. The molecule has 1 amide bonds. The number of aromatic nitrogens is 1. The topological polar surface area (TPSA) is 54.3 Å². The van der Waals surface area contributed by atoms with Crippen LogP contribution in [0.25, 0.3) is 10.9 Å². The maximum atomic E-state index is 14.6. The maximum Gasteiger partial charge on any atom is 0.253 e. The summed E-state index contributed by atoms with van der Waals surface area (Å²) in [4.78, 5) is 12.9. The van der Waals surface area contributed by atoms with Crippen LogP contribution in [0.5, 0.6) is 0 Å². The maximum absolute atomic E-state index is 14.6. The van der Waals surface area contributed by atoms with E-state index in [2.05, 4.69) is 5.32 Å². The van der Waals surface area contributed by atoms with Crippen LogP contribution >= 0.6 is 0 Å². The van der Waals surface area contributed by atoms with Gasteiger partial charge in [-0.25, -0.2) is 13.2 Å². The highest BCUT2D eigenvalue weighted by atomic mass is 19.2. The standard InChI is InChI=1S/C22H21F3N2O2/c23-15-9-8-13(10-17(15)25)11-27-12-14(21-16(24)4-3-6-19(21)27)22(29)26-18-5-1-2-7-20(18)28/h3-4,6,8-10,12,18,20,28H,1-2,5,7,11H2,(H,26,29)/t18-,20-/m0/s1. The first kappa shape index (κ1) is 19.5. The molecular weight excluding hydrogens is 381 g/mol. The van der Waals surface area contributed by atoms with Gasteiger partial charge in [0.2, 0.25) is 0 Å². The Balaban J connectivity index is 1.69. The lowest BCUT2D eigenvalue weighted by Gasteiger charge is -2.28. The molecule has 0 aliphatic heterocycles. The fourth-order valence-corrected chi connectivity index (χ4v) is 3.97. The van der Waals surface area contributed by atoms with Gasteiger partial charge in [-0.3, -0.25) is 4.79 Å². The summed E-state index contributed by atoms with van der Waals surface area (Å²) >= 11 is 0. The number of fused-ring (bicyclic) bond motifs is 1. The van der Waals surface area contributed by atoms with Gasteiger partial charge in [0.15, 0.2) is 11.6 Å². The highest BCUT2D eigenvalue weighted by Crippen LogP contribution is 2.27. The zero-order valence-corrected chi connectivity index (χ0v) is 15.7. The van der Waals surface area contributed by atoms with Crippen molar-refractivity contribution in [3.05, 3.63) is 71.2 Å². The van der Waals surface area contributed by atoms with Gasteiger partial charge in [-0.1, -0.05) is 25.0 Å². The van der Waals surface area contributed by atoms with E-state index >= 15 is 0 Å². The van der Waals surface area contributed by atoms with Crippen LogP contribution in [0.3, 0.4) is 0 Å². The molecule has 1 fully saturated rings. The number of halogens is 3. The number of benzene rings is 2. The monoisotopic (exact) mass is 402 g/mol. The minimum Gasteiger partial charge on any atom is -0.391 e. The van der Waals surface area contributed by atoms with Crippen molar-refractivity contribution in [3.63, 3.8) is 0 Å². The first-order valence-corrected chi connectivity index (χ1v) is 9.64. The molecule has 0 radical (unpaired) electrons. The Labute approximate surface area is 166 Å². The third-order valence-corrected chi connectivity index (χ3v) is 5.48. The van der Waals surface area contributed by atoms with Crippen LogP contribution in [-0.4, -0.2) is 27.7 Å².